The van der Waals surface area contributed by atoms with Crippen molar-refractivity contribution in [3.63, 3.8) is 0 Å². The number of amides is 1. The van der Waals surface area contributed by atoms with E-state index in [9.17, 15) is 4.79 Å². The quantitative estimate of drug-likeness (QED) is 0.824. The standard InChI is InChI=1S/C18H24N4O/c1-15-8-13-21(20-15)14-9-18(23)22-12-2-3-17(22)5-4-16-6-10-19-11-7-16/h6-8,10-11,13,17H,2-5,9,12,14H2,1H3. The maximum atomic E-state index is 12.5. The van der Waals surface area contributed by atoms with Crippen LogP contribution in [-0.4, -0.2) is 38.2 Å². The third-order valence-corrected chi connectivity index (χ3v) is 4.54. The van der Waals surface area contributed by atoms with Crippen LogP contribution in [0.4, 0.5) is 0 Å². The lowest BCUT2D eigenvalue weighted by atomic mass is 10.0. The van der Waals surface area contributed by atoms with Crippen molar-refractivity contribution in [1.29, 1.82) is 0 Å². The number of carbonyl (C=O) groups is 1. The lowest BCUT2D eigenvalue weighted by molar-refractivity contribution is -0.132. The molecule has 23 heavy (non-hydrogen) atoms. The Kier molecular flexibility index (Phi) is 5.05. The normalized spacial score (nSPS) is 17.6. The number of nitrogens with zero attached hydrogens (tertiary/aromatic N) is 4. The van der Waals surface area contributed by atoms with Crippen molar-refractivity contribution in [3.8, 4) is 0 Å². The van der Waals surface area contributed by atoms with Gasteiger partial charge in [-0.15, -0.1) is 0 Å². The van der Waals surface area contributed by atoms with Gasteiger partial charge in [0.05, 0.1) is 5.69 Å². The minimum absolute atomic E-state index is 0.260. The molecule has 2 aromatic rings. The molecule has 122 valence electrons. The van der Waals surface area contributed by atoms with E-state index in [0.717, 1.165) is 37.9 Å². The summed E-state index contributed by atoms with van der Waals surface area (Å²) in [4.78, 5) is 18.7. The van der Waals surface area contributed by atoms with Gasteiger partial charge in [0, 0.05) is 44.1 Å². The predicted molar refractivity (Wildman–Crippen MR) is 88.9 cm³/mol. The van der Waals surface area contributed by atoms with E-state index < -0.39 is 0 Å². The second-order valence-corrected chi connectivity index (χ2v) is 6.25. The third-order valence-electron chi connectivity index (χ3n) is 4.54. The van der Waals surface area contributed by atoms with E-state index >= 15 is 0 Å². The first-order valence-electron chi connectivity index (χ1n) is 8.41. The highest BCUT2D eigenvalue weighted by Crippen LogP contribution is 2.22. The Morgan fingerprint density at radius 2 is 2.13 bits per heavy atom. The fourth-order valence-electron chi connectivity index (χ4n) is 3.29. The molecule has 5 heteroatoms. The first kappa shape index (κ1) is 15.7. The molecule has 0 bridgehead atoms. The van der Waals surface area contributed by atoms with Crippen molar-refractivity contribution >= 4 is 5.91 Å². The van der Waals surface area contributed by atoms with Gasteiger partial charge in [-0.3, -0.25) is 14.5 Å². The van der Waals surface area contributed by atoms with Crippen molar-refractivity contribution in [2.45, 2.75) is 51.6 Å². The monoisotopic (exact) mass is 312 g/mol. The van der Waals surface area contributed by atoms with Crippen LogP contribution in [0.15, 0.2) is 36.8 Å². The SMILES string of the molecule is Cc1ccn(CCC(=O)N2CCCC2CCc2ccncc2)n1. The molecule has 2 aromatic heterocycles. The van der Waals surface area contributed by atoms with Gasteiger partial charge in [-0.2, -0.15) is 5.10 Å². The van der Waals surface area contributed by atoms with Crippen LogP contribution in [0.2, 0.25) is 0 Å². The molecule has 1 aliphatic heterocycles. The molecule has 0 aliphatic carbocycles. The number of likely N-dealkylation sites (tertiary alicyclic amines) is 1. The summed E-state index contributed by atoms with van der Waals surface area (Å²) in [6.45, 7) is 3.53. The zero-order valence-corrected chi connectivity index (χ0v) is 13.7. The molecule has 5 nitrogen and oxygen atoms in total. The molecule has 0 saturated carbocycles. The number of hydrogen-bond donors (Lipinski definition) is 0. The van der Waals surface area contributed by atoms with Crippen molar-refractivity contribution in [2.24, 2.45) is 0 Å². The van der Waals surface area contributed by atoms with Crippen LogP contribution in [0, 0.1) is 6.92 Å². The summed E-state index contributed by atoms with van der Waals surface area (Å²) in [5.41, 5.74) is 2.29. The molecule has 1 aliphatic rings. The zero-order chi connectivity index (χ0) is 16.1. The highest BCUT2D eigenvalue weighted by atomic mass is 16.2. The van der Waals surface area contributed by atoms with E-state index in [1.165, 1.54) is 5.56 Å². The summed E-state index contributed by atoms with van der Waals surface area (Å²) in [6.07, 6.45) is 10.4. The molecule has 0 radical (unpaired) electrons. The van der Waals surface area contributed by atoms with E-state index in [0.29, 0.717) is 19.0 Å². The average molecular weight is 312 g/mol. The summed E-state index contributed by atoms with van der Waals surface area (Å²) in [5.74, 6) is 0.260. The molecule has 0 spiro atoms. The molecule has 1 unspecified atom stereocenters. The number of hydrogen-bond acceptors (Lipinski definition) is 3. The zero-order valence-electron chi connectivity index (χ0n) is 13.7. The van der Waals surface area contributed by atoms with Gasteiger partial charge in [0.15, 0.2) is 0 Å². The molecular weight excluding hydrogens is 288 g/mol. The second-order valence-electron chi connectivity index (χ2n) is 6.25. The number of carbonyl (C=O) groups excluding carboxylic acids is 1. The van der Waals surface area contributed by atoms with Gasteiger partial charge in [-0.1, -0.05) is 0 Å². The Bertz CT molecular complexity index is 637. The van der Waals surface area contributed by atoms with Gasteiger partial charge in [0.2, 0.25) is 5.91 Å². The lowest BCUT2D eigenvalue weighted by Gasteiger charge is -2.25. The predicted octanol–water partition coefficient (Wildman–Crippen LogP) is 2.60. The summed E-state index contributed by atoms with van der Waals surface area (Å²) in [5, 5.41) is 4.34. The average Bonchev–Trinajstić information content (AvgIpc) is 3.20. The van der Waals surface area contributed by atoms with Crippen LogP contribution in [0.5, 0.6) is 0 Å². The number of aryl methyl sites for hydroxylation is 3. The highest BCUT2D eigenvalue weighted by Gasteiger charge is 2.27. The summed E-state index contributed by atoms with van der Waals surface area (Å²) >= 11 is 0. The Morgan fingerprint density at radius 3 is 2.87 bits per heavy atom. The Balaban J connectivity index is 1.50. The van der Waals surface area contributed by atoms with Crippen LogP contribution in [0.25, 0.3) is 0 Å². The number of rotatable bonds is 6. The summed E-state index contributed by atoms with van der Waals surface area (Å²) < 4.78 is 1.86. The largest absolute Gasteiger partial charge is 0.340 e. The van der Waals surface area contributed by atoms with Crippen LogP contribution in [0.3, 0.4) is 0 Å². The first-order valence-corrected chi connectivity index (χ1v) is 8.41. The van der Waals surface area contributed by atoms with Gasteiger partial charge in [0.25, 0.3) is 0 Å². The fraction of sp³-hybridized carbons (Fsp3) is 0.500. The minimum atomic E-state index is 0.260. The van der Waals surface area contributed by atoms with Gasteiger partial charge in [-0.05, 0) is 56.4 Å². The maximum Gasteiger partial charge on any atom is 0.224 e. The van der Waals surface area contributed by atoms with Gasteiger partial charge in [0.1, 0.15) is 0 Å². The highest BCUT2D eigenvalue weighted by molar-refractivity contribution is 5.76. The van der Waals surface area contributed by atoms with Crippen LogP contribution in [-0.2, 0) is 17.8 Å². The van der Waals surface area contributed by atoms with Crippen molar-refractivity contribution in [3.05, 3.63) is 48.0 Å². The molecule has 1 fully saturated rings. The fourth-order valence-corrected chi connectivity index (χ4v) is 3.29. The van der Waals surface area contributed by atoms with E-state index in [-0.39, 0.29) is 5.91 Å². The lowest BCUT2D eigenvalue weighted by Crippen LogP contribution is -2.36. The second kappa shape index (κ2) is 7.40. The van der Waals surface area contributed by atoms with Gasteiger partial charge < -0.3 is 4.90 Å². The van der Waals surface area contributed by atoms with E-state index in [1.54, 1.807) is 0 Å². The Morgan fingerprint density at radius 1 is 1.30 bits per heavy atom. The first-order chi connectivity index (χ1) is 11.2. The Labute approximate surface area is 137 Å². The molecule has 0 aromatic carbocycles. The minimum Gasteiger partial charge on any atom is -0.340 e. The van der Waals surface area contributed by atoms with Gasteiger partial charge >= 0.3 is 0 Å². The van der Waals surface area contributed by atoms with Crippen molar-refractivity contribution < 1.29 is 4.79 Å². The molecule has 0 N–H and O–H groups in total. The summed E-state index contributed by atoms with van der Waals surface area (Å²) in [7, 11) is 0. The van der Waals surface area contributed by atoms with E-state index in [4.69, 9.17) is 0 Å². The molecule has 1 atom stereocenters. The van der Waals surface area contributed by atoms with Crippen LogP contribution >= 0.6 is 0 Å². The summed E-state index contributed by atoms with van der Waals surface area (Å²) in [6, 6.07) is 6.47. The molecule has 1 saturated heterocycles. The van der Waals surface area contributed by atoms with Crippen LogP contribution in [0.1, 0.15) is 36.9 Å². The molecular formula is C18H24N4O. The molecule has 3 heterocycles. The smallest absolute Gasteiger partial charge is 0.224 e. The molecule has 1 amide bonds. The number of pyridine rings is 1. The van der Waals surface area contributed by atoms with Crippen LogP contribution < -0.4 is 0 Å². The van der Waals surface area contributed by atoms with Gasteiger partial charge in [-0.25, -0.2) is 0 Å². The van der Waals surface area contributed by atoms with E-state index in [1.807, 2.05) is 36.3 Å². The third kappa shape index (κ3) is 4.18. The number of aromatic nitrogens is 3. The molecule has 3 rings (SSSR count). The Hall–Kier alpha value is -2.17. The maximum absolute atomic E-state index is 12.5. The topological polar surface area (TPSA) is 51.0 Å². The van der Waals surface area contributed by atoms with Crippen molar-refractivity contribution in [1.82, 2.24) is 19.7 Å². The van der Waals surface area contributed by atoms with E-state index in [2.05, 4.69) is 27.1 Å². The van der Waals surface area contributed by atoms with Crippen molar-refractivity contribution in [2.75, 3.05) is 6.54 Å².